The second kappa shape index (κ2) is 5.86. The van der Waals surface area contributed by atoms with Crippen LogP contribution < -0.4 is 10.7 Å². The summed E-state index contributed by atoms with van der Waals surface area (Å²) in [7, 11) is 0. The van der Waals surface area contributed by atoms with Gasteiger partial charge < -0.3 is 5.32 Å². The first-order valence-electron chi connectivity index (χ1n) is 8.99. The minimum absolute atomic E-state index is 0.252. The predicted octanol–water partition coefficient (Wildman–Crippen LogP) is 2.31. The molecule has 132 valence electrons. The highest BCUT2D eigenvalue weighted by Crippen LogP contribution is 2.49. The largest absolute Gasteiger partial charge is 0.344 e. The molecule has 2 N–H and O–H groups in total. The number of hydrogen-bond acceptors (Lipinski definition) is 3. The summed E-state index contributed by atoms with van der Waals surface area (Å²) in [4.78, 5) is 37.4. The molecule has 2 aliphatic carbocycles. The van der Waals surface area contributed by atoms with Crippen LogP contribution in [-0.2, 0) is 15.1 Å². The highest BCUT2D eigenvalue weighted by molar-refractivity contribution is 6.08. The molecule has 0 radical (unpaired) electrons. The Hall–Kier alpha value is -2.37. The van der Waals surface area contributed by atoms with E-state index in [1.807, 2.05) is 18.2 Å². The number of imide groups is 1. The summed E-state index contributed by atoms with van der Waals surface area (Å²) < 4.78 is 0. The molecule has 6 nitrogen and oxygen atoms in total. The molecule has 25 heavy (non-hydrogen) atoms. The van der Waals surface area contributed by atoms with E-state index in [0.717, 1.165) is 17.3 Å². The monoisotopic (exact) mass is 341 g/mol. The summed E-state index contributed by atoms with van der Waals surface area (Å²) in [6.45, 7) is 1.66. The molecular formula is C19H23N3O3. The van der Waals surface area contributed by atoms with Gasteiger partial charge in [0, 0.05) is 6.42 Å². The van der Waals surface area contributed by atoms with Gasteiger partial charge in [-0.2, -0.15) is 5.01 Å². The molecule has 1 aliphatic heterocycles. The van der Waals surface area contributed by atoms with Crippen molar-refractivity contribution in [3.05, 3.63) is 35.9 Å². The lowest BCUT2D eigenvalue weighted by atomic mass is 9.86. The van der Waals surface area contributed by atoms with Crippen molar-refractivity contribution < 1.29 is 14.4 Å². The van der Waals surface area contributed by atoms with Gasteiger partial charge in [0.05, 0.1) is 0 Å². The van der Waals surface area contributed by atoms with Crippen LogP contribution in [0.25, 0.3) is 0 Å². The number of nitrogens with one attached hydrogen (secondary N) is 2. The van der Waals surface area contributed by atoms with E-state index in [-0.39, 0.29) is 5.91 Å². The molecule has 1 heterocycles. The van der Waals surface area contributed by atoms with Crippen molar-refractivity contribution in [2.45, 2.75) is 44.6 Å². The number of carbonyl (C=O) groups is 3. The van der Waals surface area contributed by atoms with Gasteiger partial charge in [-0.15, -0.1) is 0 Å². The Morgan fingerprint density at radius 3 is 2.64 bits per heavy atom. The van der Waals surface area contributed by atoms with Gasteiger partial charge in [0.2, 0.25) is 5.91 Å². The smallest absolute Gasteiger partial charge is 0.318 e. The van der Waals surface area contributed by atoms with Gasteiger partial charge in [0.15, 0.2) is 0 Å². The quantitative estimate of drug-likeness (QED) is 0.825. The summed E-state index contributed by atoms with van der Waals surface area (Å²) in [5.74, 6) is 1.08. The highest BCUT2D eigenvalue weighted by atomic mass is 16.2. The van der Waals surface area contributed by atoms with Crippen molar-refractivity contribution in [3.63, 3.8) is 0 Å². The summed E-state index contributed by atoms with van der Waals surface area (Å²) in [6.07, 6.45) is 5.20. The van der Waals surface area contributed by atoms with Crippen LogP contribution in [0, 0.1) is 17.8 Å². The summed E-state index contributed by atoms with van der Waals surface area (Å²) in [6, 6.07) is 8.48. The van der Waals surface area contributed by atoms with E-state index < -0.39 is 17.5 Å². The molecule has 2 bridgehead atoms. The molecule has 1 aromatic rings. The second-order valence-corrected chi connectivity index (χ2v) is 7.74. The van der Waals surface area contributed by atoms with Crippen molar-refractivity contribution in [2.24, 2.45) is 17.8 Å². The van der Waals surface area contributed by atoms with Crippen LogP contribution in [0.15, 0.2) is 30.3 Å². The molecule has 3 aliphatic rings. The number of amides is 4. The van der Waals surface area contributed by atoms with E-state index in [1.165, 1.54) is 19.3 Å². The van der Waals surface area contributed by atoms with E-state index in [4.69, 9.17) is 0 Å². The van der Waals surface area contributed by atoms with Crippen molar-refractivity contribution in [1.29, 1.82) is 0 Å². The number of carbonyl (C=O) groups excluding carboxylic acids is 3. The van der Waals surface area contributed by atoms with Crippen molar-refractivity contribution >= 4 is 17.8 Å². The number of fused-ring (bicyclic) bond motifs is 2. The minimum atomic E-state index is -1.15. The van der Waals surface area contributed by atoms with Gasteiger partial charge in [0.1, 0.15) is 5.54 Å². The molecule has 1 saturated heterocycles. The molecule has 4 rings (SSSR count). The van der Waals surface area contributed by atoms with Crippen LogP contribution in [-0.4, -0.2) is 22.9 Å². The lowest BCUT2D eigenvalue weighted by Gasteiger charge is -2.23. The average Bonchev–Trinajstić information content (AvgIpc) is 3.27. The summed E-state index contributed by atoms with van der Waals surface area (Å²) in [5, 5.41) is 3.53. The topological polar surface area (TPSA) is 78.5 Å². The van der Waals surface area contributed by atoms with Crippen LogP contribution in [0.2, 0.25) is 0 Å². The lowest BCUT2D eigenvalue weighted by molar-refractivity contribution is -0.139. The fourth-order valence-electron chi connectivity index (χ4n) is 4.74. The normalized spacial score (nSPS) is 33.6. The third-order valence-electron chi connectivity index (χ3n) is 6.11. The molecule has 4 atom stereocenters. The van der Waals surface area contributed by atoms with Crippen LogP contribution in [0.3, 0.4) is 0 Å². The van der Waals surface area contributed by atoms with Gasteiger partial charge in [0.25, 0.3) is 5.91 Å². The van der Waals surface area contributed by atoms with Crippen molar-refractivity contribution in [3.8, 4) is 0 Å². The average molecular weight is 341 g/mol. The van der Waals surface area contributed by atoms with E-state index in [1.54, 1.807) is 19.1 Å². The Bertz CT molecular complexity index is 720. The van der Waals surface area contributed by atoms with Crippen LogP contribution in [0.4, 0.5) is 4.79 Å². The molecular weight excluding hydrogens is 318 g/mol. The van der Waals surface area contributed by atoms with E-state index in [2.05, 4.69) is 10.7 Å². The van der Waals surface area contributed by atoms with E-state index in [9.17, 15) is 14.4 Å². The predicted molar refractivity (Wildman–Crippen MR) is 90.9 cm³/mol. The fourth-order valence-corrected chi connectivity index (χ4v) is 4.74. The van der Waals surface area contributed by atoms with Gasteiger partial charge in [-0.3, -0.25) is 15.0 Å². The summed E-state index contributed by atoms with van der Waals surface area (Å²) >= 11 is 0. The Morgan fingerprint density at radius 1 is 1.24 bits per heavy atom. The number of hydrazine groups is 1. The summed E-state index contributed by atoms with van der Waals surface area (Å²) in [5.41, 5.74) is 2.06. The maximum absolute atomic E-state index is 12.8. The molecule has 0 unspecified atom stereocenters. The zero-order valence-corrected chi connectivity index (χ0v) is 14.3. The van der Waals surface area contributed by atoms with Crippen LogP contribution in [0.5, 0.6) is 0 Å². The lowest BCUT2D eigenvalue weighted by Crippen LogP contribution is -2.48. The van der Waals surface area contributed by atoms with Gasteiger partial charge in [-0.05, 0) is 49.5 Å². The molecule has 6 heteroatoms. The maximum Gasteiger partial charge on any atom is 0.344 e. The highest BCUT2D eigenvalue weighted by Gasteiger charge is 2.50. The Kier molecular flexibility index (Phi) is 3.78. The number of nitrogens with zero attached hydrogens (tertiary/aromatic N) is 1. The van der Waals surface area contributed by atoms with Gasteiger partial charge in [-0.1, -0.05) is 36.8 Å². The molecule has 3 fully saturated rings. The Balaban J connectivity index is 1.43. The van der Waals surface area contributed by atoms with Crippen LogP contribution in [0.1, 0.15) is 44.6 Å². The minimum Gasteiger partial charge on any atom is -0.318 e. The first-order valence-corrected chi connectivity index (χ1v) is 8.99. The molecule has 1 aromatic carbocycles. The third-order valence-corrected chi connectivity index (χ3v) is 6.11. The van der Waals surface area contributed by atoms with E-state index in [0.29, 0.717) is 23.8 Å². The Morgan fingerprint density at radius 2 is 2.00 bits per heavy atom. The zero-order valence-electron chi connectivity index (χ0n) is 14.3. The molecule has 2 saturated carbocycles. The van der Waals surface area contributed by atoms with Crippen molar-refractivity contribution in [2.75, 3.05) is 0 Å². The van der Waals surface area contributed by atoms with E-state index >= 15 is 0 Å². The zero-order chi connectivity index (χ0) is 17.6. The number of rotatable bonds is 4. The Labute approximate surface area is 146 Å². The SMILES string of the molecule is C[C@]1(c2ccccc2)NC(=O)N(NC(=O)C[C@H]2C[C@@H]3CC[C@@H]2C3)C1=O. The number of hydrogen-bond donors (Lipinski definition) is 2. The molecule has 0 aromatic heterocycles. The van der Waals surface area contributed by atoms with Crippen LogP contribution >= 0.6 is 0 Å². The first-order chi connectivity index (χ1) is 12.0. The number of urea groups is 1. The standard InChI is InChI=1S/C19H23N3O3/c1-19(15-5-3-2-4-6-15)17(24)22(18(25)20-19)21-16(23)11-14-10-12-7-8-13(14)9-12/h2-6,12-14H,7-11H2,1H3,(H,20,25)(H,21,23)/t12-,13-,14-,19-/m1/s1. The van der Waals surface area contributed by atoms with Crippen molar-refractivity contribution in [1.82, 2.24) is 15.8 Å². The number of benzene rings is 1. The third kappa shape index (κ3) is 2.69. The first kappa shape index (κ1) is 16.1. The van der Waals surface area contributed by atoms with Gasteiger partial charge >= 0.3 is 6.03 Å². The van der Waals surface area contributed by atoms with Gasteiger partial charge in [-0.25, -0.2) is 4.79 Å². The fraction of sp³-hybridized carbons (Fsp3) is 0.526. The molecule has 4 amide bonds. The maximum atomic E-state index is 12.8. The molecule has 0 spiro atoms. The second-order valence-electron chi connectivity index (χ2n) is 7.74.